The molecule has 2 aliphatic rings. The van der Waals surface area contributed by atoms with E-state index in [4.69, 9.17) is 0 Å². The van der Waals surface area contributed by atoms with Crippen molar-refractivity contribution >= 4 is 0 Å². The van der Waals surface area contributed by atoms with Crippen LogP contribution in [0.3, 0.4) is 0 Å². The predicted octanol–water partition coefficient (Wildman–Crippen LogP) is 2.96. The summed E-state index contributed by atoms with van der Waals surface area (Å²) in [6, 6.07) is 9.74. The molecule has 1 aromatic rings. The summed E-state index contributed by atoms with van der Waals surface area (Å²) in [5, 5.41) is 3.59. The largest absolute Gasteiger partial charge is 0.314 e. The highest BCUT2D eigenvalue weighted by Gasteiger charge is 2.54. The van der Waals surface area contributed by atoms with E-state index >= 15 is 0 Å². The number of fused-ring (bicyclic) bond motifs is 3. The van der Waals surface area contributed by atoms with E-state index in [-0.39, 0.29) is 0 Å². The van der Waals surface area contributed by atoms with Gasteiger partial charge < -0.3 is 5.32 Å². The summed E-state index contributed by atoms with van der Waals surface area (Å²) in [5.41, 5.74) is 3.25. The second-order valence-corrected chi connectivity index (χ2v) is 5.35. The maximum absolute atomic E-state index is 3.59. The molecule has 0 bridgehead atoms. The normalized spacial score (nSPS) is 32.8. The molecule has 4 unspecified atom stereocenters. The lowest BCUT2D eigenvalue weighted by atomic mass is 9.92. The molecule has 0 radical (unpaired) electrons. The molecule has 1 aromatic carbocycles. The zero-order valence-corrected chi connectivity index (χ0v) is 10.2. The standard InChI is InChI=1S/C15H21N/c1-3-16-10(2)14-13-9-8-11-6-4-5-7-12(11)15(13)14/h4-7,10,13-16H,3,8-9H2,1-2H3. The van der Waals surface area contributed by atoms with Crippen LogP contribution < -0.4 is 5.32 Å². The van der Waals surface area contributed by atoms with Gasteiger partial charge in [-0.2, -0.15) is 0 Å². The van der Waals surface area contributed by atoms with Gasteiger partial charge in [0.25, 0.3) is 0 Å². The average molecular weight is 215 g/mol. The van der Waals surface area contributed by atoms with Crippen LogP contribution in [0.1, 0.15) is 37.3 Å². The molecule has 2 aliphatic carbocycles. The summed E-state index contributed by atoms with van der Waals surface area (Å²) in [6.07, 6.45) is 2.70. The van der Waals surface area contributed by atoms with Crippen molar-refractivity contribution in [2.24, 2.45) is 11.8 Å². The van der Waals surface area contributed by atoms with Crippen molar-refractivity contribution in [1.29, 1.82) is 0 Å². The molecule has 0 aromatic heterocycles. The van der Waals surface area contributed by atoms with E-state index in [1.54, 1.807) is 11.1 Å². The van der Waals surface area contributed by atoms with E-state index in [1.807, 2.05) is 0 Å². The van der Waals surface area contributed by atoms with Crippen molar-refractivity contribution in [3.05, 3.63) is 35.4 Å². The van der Waals surface area contributed by atoms with E-state index < -0.39 is 0 Å². The van der Waals surface area contributed by atoms with Gasteiger partial charge in [-0.25, -0.2) is 0 Å². The van der Waals surface area contributed by atoms with Crippen LogP contribution in [0.5, 0.6) is 0 Å². The predicted molar refractivity (Wildman–Crippen MR) is 67.6 cm³/mol. The van der Waals surface area contributed by atoms with Crippen molar-refractivity contribution in [3.8, 4) is 0 Å². The zero-order valence-electron chi connectivity index (χ0n) is 10.2. The van der Waals surface area contributed by atoms with E-state index in [2.05, 4.69) is 43.4 Å². The van der Waals surface area contributed by atoms with Crippen molar-refractivity contribution in [2.75, 3.05) is 6.54 Å². The van der Waals surface area contributed by atoms with Crippen LogP contribution in [0.4, 0.5) is 0 Å². The van der Waals surface area contributed by atoms with Gasteiger partial charge in [-0.1, -0.05) is 31.2 Å². The first-order valence-electron chi connectivity index (χ1n) is 6.64. The number of hydrogen-bond acceptors (Lipinski definition) is 1. The molecule has 0 heterocycles. The van der Waals surface area contributed by atoms with Crippen molar-refractivity contribution < 1.29 is 0 Å². The highest BCUT2D eigenvalue weighted by molar-refractivity contribution is 5.39. The molecule has 1 nitrogen and oxygen atoms in total. The van der Waals surface area contributed by atoms with Crippen molar-refractivity contribution in [3.63, 3.8) is 0 Å². The van der Waals surface area contributed by atoms with E-state index in [0.29, 0.717) is 6.04 Å². The van der Waals surface area contributed by atoms with Gasteiger partial charge in [0, 0.05) is 6.04 Å². The molecule has 86 valence electrons. The molecule has 3 rings (SSSR count). The van der Waals surface area contributed by atoms with Gasteiger partial charge in [0.15, 0.2) is 0 Å². The monoisotopic (exact) mass is 215 g/mol. The molecule has 0 spiro atoms. The topological polar surface area (TPSA) is 12.0 Å². The minimum absolute atomic E-state index is 0.686. The summed E-state index contributed by atoms with van der Waals surface area (Å²) in [7, 11) is 0. The molecular formula is C15H21N. The number of benzene rings is 1. The Kier molecular flexibility index (Phi) is 2.51. The third-order valence-electron chi connectivity index (χ3n) is 4.49. The first-order valence-corrected chi connectivity index (χ1v) is 6.64. The first-order chi connectivity index (χ1) is 7.83. The van der Waals surface area contributed by atoms with E-state index in [9.17, 15) is 0 Å². The van der Waals surface area contributed by atoms with Crippen LogP contribution in [-0.4, -0.2) is 12.6 Å². The van der Waals surface area contributed by atoms with Crippen LogP contribution in [0.25, 0.3) is 0 Å². The van der Waals surface area contributed by atoms with Crippen LogP contribution in [0.2, 0.25) is 0 Å². The lowest BCUT2D eigenvalue weighted by Gasteiger charge is -2.13. The van der Waals surface area contributed by atoms with Crippen LogP contribution >= 0.6 is 0 Å². The van der Waals surface area contributed by atoms with Gasteiger partial charge in [-0.05, 0) is 55.2 Å². The fourth-order valence-electron chi connectivity index (χ4n) is 3.76. The minimum Gasteiger partial charge on any atom is -0.314 e. The Morgan fingerprint density at radius 3 is 3.00 bits per heavy atom. The third kappa shape index (κ3) is 1.49. The fraction of sp³-hybridized carbons (Fsp3) is 0.600. The Labute approximate surface area is 98.3 Å². The summed E-state index contributed by atoms with van der Waals surface area (Å²) in [6.45, 7) is 5.66. The van der Waals surface area contributed by atoms with Gasteiger partial charge in [-0.3, -0.25) is 0 Å². The number of nitrogens with one attached hydrogen (secondary N) is 1. The molecule has 0 amide bonds. The highest BCUT2D eigenvalue weighted by Crippen LogP contribution is 2.61. The minimum atomic E-state index is 0.686. The van der Waals surface area contributed by atoms with Crippen LogP contribution in [0, 0.1) is 11.8 Å². The Morgan fingerprint density at radius 2 is 2.19 bits per heavy atom. The lowest BCUT2D eigenvalue weighted by molar-refractivity contribution is 0.475. The van der Waals surface area contributed by atoms with Crippen molar-refractivity contribution in [2.45, 2.75) is 38.6 Å². The SMILES string of the molecule is CCNC(C)C1C2CCc3ccccc3C21. The fourth-order valence-corrected chi connectivity index (χ4v) is 3.76. The Hall–Kier alpha value is -0.820. The lowest BCUT2D eigenvalue weighted by Crippen LogP contribution is -2.28. The molecule has 16 heavy (non-hydrogen) atoms. The van der Waals surface area contributed by atoms with Gasteiger partial charge in [0.05, 0.1) is 0 Å². The van der Waals surface area contributed by atoms with E-state index in [0.717, 1.165) is 24.3 Å². The molecule has 1 fully saturated rings. The number of rotatable bonds is 3. The maximum Gasteiger partial charge on any atom is 0.00757 e. The van der Waals surface area contributed by atoms with Gasteiger partial charge >= 0.3 is 0 Å². The third-order valence-corrected chi connectivity index (χ3v) is 4.49. The van der Waals surface area contributed by atoms with Crippen molar-refractivity contribution in [1.82, 2.24) is 5.32 Å². The quantitative estimate of drug-likeness (QED) is 0.817. The van der Waals surface area contributed by atoms with E-state index in [1.165, 1.54) is 12.8 Å². The molecule has 0 aliphatic heterocycles. The smallest absolute Gasteiger partial charge is 0.00757 e. The second kappa shape index (κ2) is 3.89. The zero-order chi connectivity index (χ0) is 11.1. The second-order valence-electron chi connectivity index (χ2n) is 5.35. The molecule has 1 N–H and O–H groups in total. The molecule has 4 atom stereocenters. The summed E-state index contributed by atoms with van der Waals surface area (Å²) in [5.74, 6) is 2.71. The van der Waals surface area contributed by atoms with Gasteiger partial charge in [-0.15, -0.1) is 0 Å². The average Bonchev–Trinajstić information content (AvgIpc) is 3.04. The Bertz CT molecular complexity index is 385. The summed E-state index contributed by atoms with van der Waals surface area (Å²) in [4.78, 5) is 0. The van der Waals surface area contributed by atoms with Gasteiger partial charge in [0.1, 0.15) is 0 Å². The molecule has 0 saturated heterocycles. The van der Waals surface area contributed by atoms with Crippen LogP contribution in [0.15, 0.2) is 24.3 Å². The molecule has 1 saturated carbocycles. The Morgan fingerprint density at radius 1 is 1.38 bits per heavy atom. The summed E-state index contributed by atoms with van der Waals surface area (Å²) >= 11 is 0. The number of hydrogen-bond donors (Lipinski definition) is 1. The molecule has 1 heteroatoms. The number of aryl methyl sites for hydroxylation is 1. The highest BCUT2D eigenvalue weighted by atomic mass is 14.9. The Balaban J connectivity index is 1.82. The van der Waals surface area contributed by atoms with Crippen LogP contribution in [-0.2, 0) is 6.42 Å². The molecular weight excluding hydrogens is 194 g/mol. The first kappa shape index (κ1) is 10.3. The summed E-state index contributed by atoms with van der Waals surface area (Å²) < 4.78 is 0. The van der Waals surface area contributed by atoms with Gasteiger partial charge in [0.2, 0.25) is 0 Å². The maximum atomic E-state index is 3.59.